The van der Waals surface area contributed by atoms with Crippen molar-refractivity contribution < 1.29 is 28.5 Å². The molecule has 0 atom stereocenters. The third-order valence-corrected chi connectivity index (χ3v) is 1.31. The average molecular weight is 263 g/mol. The Hall–Kier alpha value is -0.570. The van der Waals surface area contributed by atoms with E-state index in [1.165, 1.54) is 0 Å². The van der Waals surface area contributed by atoms with Crippen molar-refractivity contribution in [1.29, 1.82) is 5.26 Å². The minimum atomic E-state index is 0. The lowest BCUT2D eigenvalue weighted by molar-refractivity contribution is -0.671. The Morgan fingerprint density at radius 3 is 2.82 bits per heavy atom. The number of rotatable bonds is 2. The van der Waals surface area contributed by atoms with E-state index in [4.69, 9.17) is 5.26 Å². The van der Waals surface area contributed by atoms with E-state index in [2.05, 4.69) is 6.07 Å². The van der Waals surface area contributed by atoms with Gasteiger partial charge in [0.15, 0.2) is 0 Å². The summed E-state index contributed by atoms with van der Waals surface area (Å²) >= 11 is 0. The van der Waals surface area contributed by atoms with Gasteiger partial charge in [-0.3, -0.25) is 0 Å². The summed E-state index contributed by atoms with van der Waals surface area (Å²) in [5.41, 5.74) is 0. The number of imidazole rings is 1. The van der Waals surface area contributed by atoms with E-state index in [-0.39, 0.29) is 24.0 Å². The van der Waals surface area contributed by atoms with E-state index in [0.29, 0.717) is 6.42 Å². The van der Waals surface area contributed by atoms with Gasteiger partial charge in [0.05, 0.1) is 19.5 Å². The van der Waals surface area contributed by atoms with Crippen LogP contribution >= 0.6 is 0 Å². The number of aryl methyl sites for hydroxylation is 2. The first-order valence-electron chi connectivity index (χ1n) is 3.21. The summed E-state index contributed by atoms with van der Waals surface area (Å²) < 4.78 is 3.95. The van der Waals surface area contributed by atoms with Gasteiger partial charge >= 0.3 is 0 Å². The van der Waals surface area contributed by atoms with Crippen LogP contribution < -0.4 is 28.5 Å². The minimum absolute atomic E-state index is 0. The smallest absolute Gasteiger partial charge is 0.243 e. The SMILES string of the molecule is C[n+]1ccn(CCC#N)c1.[I-]. The van der Waals surface area contributed by atoms with Gasteiger partial charge < -0.3 is 24.0 Å². The number of nitriles is 1. The van der Waals surface area contributed by atoms with Gasteiger partial charge in [0.25, 0.3) is 0 Å². The summed E-state index contributed by atoms with van der Waals surface area (Å²) in [5, 5.41) is 8.26. The highest BCUT2D eigenvalue weighted by Crippen LogP contribution is 1.86. The zero-order chi connectivity index (χ0) is 7.40. The molecule has 1 rings (SSSR count). The molecule has 0 unspecified atom stereocenters. The van der Waals surface area contributed by atoms with Crippen molar-refractivity contribution in [2.24, 2.45) is 7.05 Å². The summed E-state index contributed by atoms with van der Waals surface area (Å²) in [4.78, 5) is 0. The highest BCUT2D eigenvalue weighted by atomic mass is 127. The normalized spacial score (nSPS) is 8.36. The fraction of sp³-hybridized carbons (Fsp3) is 0.429. The zero-order valence-corrected chi connectivity index (χ0v) is 8.52. The number of hydrogen-bond acceptors (Lipinski definition) is 1. The van der Waals surface area contributed by atoms with Crippen LogP contribution in [0.1, 0.15) is 6.42 Å². The van der Waals surface area contributed by atoms with E-state index < -0.39 is 0 Å². The summed E-state index contributed by atoms with van der Waals surface area (Å²) in [5.74, 6) is 0. The number of hydrogen-bond donors (Lipinski definition) is 0. The van der Waals surface area contributed by atoms with Gasteiger partial charge in [-0.1, -0.05) is 0 Å². The Morgan fingerprint density at radius 2 is 2.36 bits per heavy atom. The minimum Gasteiger partial charge on any atom is -1.00 e. The molecule has 0 saturated heterocycles. The number of aromatic nitrogens is 2. The molecule has 0 aliphatic carbocycles. The third kappa shape index (κ3) is 3.37. The molecule has 1 heterocycles. The predicted molar refractivity (Wildman–Crippen MR) is 35.8 cm³/mol. The Balaban J connectivity index is 0.000001000. The molecule has 0 radical (unpaired) electrons. The molecule has 0 spiro atoms. The standard InChI is InChI=1S/C7H10N3.HI/c1-9-5-6-10(7-9)4-2-3-8;/h5-7H,2,4H2,1H3;1H/q+1;/p-1. The van der Waals surface area contributed by atoms with Crippen molar-refractivity contribution in [3.63, 3.8) is 0 Å². The van der Waals surface area contributed by atoms with Gasteiger partial charge in [-0.05, 0) is 0 Å². The van der Waals surface area contributed by atoms with Crippen molar-refractivity contribution in [1.82, 2.24) is 4.57 Å². The molecule has 60 valence electrons. The fourth-order valence-corrected chi connectivity index (χ4v) is 0.813. The summed E-state index contributed by atoms with van der Waals surface area (Å²) in [6.07, 6.45) is 6.45. The van der Waals surface area contributed by atoms with E-state index >= 15 is 0 Å². The van der Waals surface area contributed by atoms with Crippen molar-refractivity contribution >= 4 is 0 Å². The summed E-state index contributed by atoms with van der Waals surface area (Å²) in [6.45, 7) is 0.789. The number of halogens is 1. The zero-order valence-electron chi connectivity index (χ0n) is 6.37. The molecule has 0 bridgehead atoms. The molecule has 0 fully saturated rings. The molecule has 1 aromatic rings. The van der Waals surface area contributed by atoms with Crippen molar-refractivity contribution in [2.75, 3.05) is 0 Å². The van der Waals surface area contributed by atoms with Crippen LogP contribution in [0.25, 0.3) is 0 Å². The molecule has 0 aromatic carbocycles. The second-order valence-electron chi connectivity index (χ2n) is 2.23. The second kappa shape index (κ2) is 5.13. The molecule has 0 aliphatic heterocycles. The number of nitrogens with zero attached hydrogens (tertiary/aromatic N) is 3. The van der Waals surface area contributed by atoms with E-state index in [1.54, 1.807) is 0 Å². The van der Waals surface area contributed by atoms with Crippen LogP contribution in [0.5, 0.6) is 0 Å². The molecule has 0 amide bonds. The molecule has 3 nitrogen and oxygen atoms in total. The highest BCUT2D eigenvalue weighted by molar-refractivity contribution is 4.72. The lowest BCUT2D eigenvalue weighted by Gasteiger charge is -1.85. The Morgan fingerprint density at radius 1 is 1.64 bits per heavy atom. The predicted octanol–water partition coefficient (Wildman–Crippen LogP) is -2.77. The van der Waals surface area contributed by atoms with Gasteiger partial charge in [-0.2, -0.15) is 5.26 Å². The highest BCUT2D eigenvalue weighted by Gasteiger charge is 1.96. The first-order valence-corrected chi connectivity index (χ1v) is 3.21. The summed E-state index contributed by atoms with van der Waals surface area (Å²) in [6, 6.07) is 2.10. The monoisotopic (exact) mass is 263 g/mol. The van der Waals surface area contributed by atoms with Gasteiger partial charge in [0.1, 0.15) is 18.9 Å². The van der Waals surface area contributed by atoms with E-state index in [0.717, 1.165) is 6.54 Å². The molecule has 0 saturated carbocycles. The maximum atomic E-state index is 8.26. The molecule has 0 aliphatic rings. The summed E-state index contributed by atoms with van der Waals surface area (Å²) in [7, 11) is 1.96. The van der Waals surface area contributed by atoms with Crippen molar-refractivity contribution in [2.45, 2.75) is 13.0 Å². The van der Waals surface area contributed by atoms with Gasteiger partial charge in [0, 0.05) is 0 Å². The Labute approximate surface area is 83.3 Å². The topological polar surface area (TPSA) is 32.6 Å². The molecule has 0 N–H and O–H groups in total. The molecular weight excluding hydrogens is 253 g/mol. The van der Waals surface area contributed by atoms with Crippen LogP contribution in [0.2, 0.25) is 0 Å². The van der Waals surface area contributed by atoms with Crippen molar-refractivity contribution in [3.05, 3.63) is 18.7 Å². The van der Waals surface area contributed by atoms with Gasteiger partial charge in [-0.15, -0.1) is 0 Å². The van der Waals surface area contributed by atoms with Crippen LogP contribution in [0.4, 0.5) is 0 Å². The second-order valence-corrected chi connectivity index (χ2v) is 2.23. The first-order chi connectivity index (χ1) is 4.83. The fourth-order valence-electron chi connectivity index (χ4n) is 0.813. The van der Waals surface area contributed by atoms with E-state index in [1.807, 2.05) is 34.9 Å². The maximum Gasteiger partial charge on any atom is 0.243 e. The molecular formula is C7H10IN3. The van der Waals surface area contributed by atoms with Crippen LogP contribution in [0, 0.1) is 11.3 Å². The molecule has 11 heavy (non-hydrogen) atoms. The quantitative estimate of drug-likeness (QED) is 0.420. The van der Waals surface area contributed by atoms with Crippen LogP contribution in [0.15, 0.2) is 18.7 Å². The first kappa shape index (κ1) is 10.4. The van der Waals surface area contributed by atoms with Crippen LogP contribution in [-0.4, -0.2) is 4.57 Å². The Kier molecular flexibility index (Phi) is 4.86. The maximum absolute atomic E-state index is 8.26. The van der Waals surface area contributed by atoms with Gasteiger partial charge in [0.2, 0.25) is 6.33 Å². The van der Waals surface area contributed by atoms with Gasteiger partial charge in [-0.25, -0.2) is 9.13 Å². The Bertz CT molecular complexity index is 248. The average Bonchev–Trinajstić information content (AvgIpc) is 2.31. The van der Waals surface area contributed by atoms with Crippen LogP contribution in [0.3, 0.4) is 0 Å². The largest absolute Gasteiger partial charge is 1.00 e. The molecule has 4 heteroatoms. The van der Waals surface area contributed by atoms with E-state index in [9.17, 15) is 0 Å². The van der Waals surface area contributed by atoms with Crippen molar-refractivity contribution in [3.8, 4) is 6.07 Å². The third-order valence-electron chi connectivity index (χ3n) is 1.31. The lowest BCUT2D eigenvalue weighted by atomic mass is 10.5. The lowest BCUT2D eigenvalue weighted by Crippen LogP contribution is -3.00. The van der Waals surface area contributed by atoms with Crippen LogP contribution in [-0.2, 0) is 13.6 Å². The molecule has 1 aromatic heterocycles.